The van der Waals surface area contributed by atoms with Gasteiger partial charge in [0.15, 0.2) is 0 Å². The first-order chi connectivity index (χ1) is 19.8. The van der Waals surface area contributed by atoms with Gasteiger partial charge in [0.1, 0.15) is 6.04 Å². The van der Waals surface area contributed by atoms with Gasteiger partial charge in [-0.1, -0.05) is 76.3 Å². The summed E-state index contributed by atoms with van der Waals surface area (Å²) in [6.45, 7) is 8.66. The molecule has 0 spiro atoms. The summed E-state index contributed by atoms with van der Waals surface area (Å²) in [5.41, 5.74) is 4.46. The Labute approximate surface area is 251 Å². The number of amides is 1. The minimum absolute atomic E-state index is 0.280. The number of hydrogen-bond acceptors (Lipinski definition) is 5. The van der Waals surface area contributed by atoms with Crippen molar-refractivity contribution in [3.05, 3.63) is 59.2 Å². The third-order valence-corrected chi connectivity index (χ3v) is 8.72. The molecule has 3 N–H and O–H groups in total. The summed E-state index contributed by atoms with van der Waals surface area (Å²) < 4.78 is 6.12. The largest absolute Gasteiger partial charge is 0.480 e. The van der Waals surface area contributed by atoms with E-state index in [1.807, 2.05) is 49.6 Å². The van der Waals surface area contributed by atoms with Gasteiger partial charge in [0.05, 0.1) is 6.61 Å². The molecule has 0 saturated heterocycles. The molecule has 0 heterocycles. The van der Waals surface area contributed by atoms with Gasteiger partial charge >= 0.3 is 5.97 Å². The van der Waals surface area contributed by atoms with Gasteiger partial charge in [-0.2, -0.15) is 11.8 Å². The van der Waals surface area contributed by atoms with Gasteiger partial charge in [-0.05, 0) is 84.4 Å². The highest BCUT2D eigenvalue weighted by Crippen LogP contribution is 2.30. The highest BCUT2D eigenvalue weighted by atomic mass is 32.2. The molecule has 1 aliphatic rings. The van der Waals surface area contributed by atoms with E-state index in [1.54, 1.807) is 11.8 Å². The summed E-state index contributed by atoms with van der Waals surface area (Å²) in [7, 11) is 0. The van der Waals surface area contributed by atoms with Gasteiger partial charge < -0.3 is 20.5 Å². The minimum Gasteiger partial charge on any atom is -0.480 e. The van der Waals surface area contributed by atoms with Crippen molar-refractivity contribution in [3.8, 4) is 11.1 Å². The van der Waals surface area contributed by atoms with E-state index >= 15 is 0 Å². The first-order valence-electron chi connectivity index (χ1n) is 15.3. The number of rotatable bonds is 17. The number of aliphatic carboxylic acids is 1. The number of carbonyl (C=O) groups excluding carboxylic acids is 1. The van der Waals surface area contributed by atoms with Crippen LogP contribution in [0.3, 0.4) is 0 Å². The number of benzene rings is 2. The van der Waals surface area contributed by atoms with Crippen LogP contribution in [0.15, 0.2) is 42.5 Å². The molecular formula is C34H50N2O4S. The summed E-state index contributed by atoms with van der Waals surface area (Å²) in [4.78, 5) is 25.2. The molecule has 1 saturated carbocycles. The number of ether oxygens (including phenoxy) is 1. The summed E-state index contributed by atoms with van der Waals surface area (Å²) in [6.07, 6.45) is 11.1. The zero-order chi connectivity index (χ0) is 29.6. The monoisotopic (exact) mass is 582 g/mol. The number of aryl methyl sites for hydroxylation is 1. The molecule has 2 aromatic rings. The van der Waals surface area contributed by atoms with Crippen LogP contribution in [0.25, 0.3) is 11.1 Å². The van der Waals surface area contributed by atoms with Crippen molar-refractivity contribution in [1.29, 1.82) is 0 Å². The highest BCUT2D eigenvalue weighted by molar-refractivity contribution is 7.98. The summed E-state index contributed by atoms with van der Waals surface area (Å²) in [5.74, 6) is 0.675. The molecule has 6 nitrogen and oxygen atoms in total. The van der Waals surface area contributed by atoms with Crippen molar-refractivity contribution in [3.63, 3.8) is 0 Å². The quantitative estimate of drug-likeness (QED) is 0.173. The molecule has 1 aliphatic carbocycles. The van der Waals surface area contributed by atoms with E-state index in [9.17, 15) is 14.7 Å². The van der Waals surface area contributed by atoms with Gasteiger partial charge in [-0.3, -0.25) is 4.79 Å². The van der Waals surface area contributed by atoms with Crippen molar-refractivity contribution >= 4 is 23.6 Å². The first-order valence-corrected chi connectivity index (χ1v) is 16.7. The van der Waals surface area contributed by atoms with Crippen LogP contribution < -0.4 is 10.6 Å². The molecular weight excluding hydrogens is 532 g/mol. The van der Waals surface area contributed by atoms with Gasteiger partial charge in [-0.25, -0.2) is 4.79 Å². The lowest BCUT2D eigenvalue weighted by atomic mass is 9.85. The predicted molar refractivity (Wildman–Crippen MR) is 171 cm³/mol. The fourth-order valence-corrected chi connectivity index (χ4v) is 6.04. The smallest absolute Gasteiger partial charge is 0.326 e. The third-order valence-electron chi connectivity index (χ3n) is 8.07. The zero-order valence-electron chi connectivity index (χ0n) is 25.4. The van der Waals surface area contributed by atoms with Crippen LogP contribution in [0.1, 0.15) is 86.7 Å². The normalized spacial score (nSPS) is 15.5. The van der Waals surface area contributed by atoms with Crippen LogP contribution in [0.5, 0.6) is 0 Å². The topological polar surface area (TPSA) is 87.7 Å². The molecule has 226 valence electrons. The molecule has 3 rings (SSSR count). The Kier molecular flexibility index (Phi) is 14.2. The number of carbonyl (C=O) groups is 2. The second kappa shape index (κ2) is 17.6. The Morgan fingerprint density at radius 1 is 1.05 bits per heavy atom. The molecule has 0 radical (unpaired) electrons. The third kappa shape index (κ3) is 11.1. The lowest BCUT2D eigenvalue weighted by Crippen LogP contribution is -2.41. The fourth-order valence-electron chi connectivity index (χ4n) is 5.57. The molecule has 0 bridgehead atoms. The number of hydrogen-bond donors (Lipinski definition) is 3. The Bertz CT molecular complexity index is 1100. The van der Waals surface area contributed by atoms with E-state index in [4.69, 9.17) is 4.74 Å². The lowest BCUT2D eigenvalue weighted by molar-refractivity contribution is -0.139. The summed E-state index contributed by atoms with van der Waals surface area (Å²) >= 11 is 1.57. The zero-order valence-corrected chi connectivity index (χ0v) is 26.2. The van der Waals surface area contributed by atoms with Gasteiger partial charge in [0.2, 0.25) is 0 Å². The van der Waals surface area contributed by atoms with Crippen molar-refractivity contribution < 1.29 is 19.4 Å². The van der Waals surface area contributed by atoms with Gasteiger partial charge in [0.25, 0.3) is 5.91 Å². The molecule has 0 aromatic heterocycles. The standard InChI is InChI=1S/C34H50N2O4S/c1-24(2)16-18-40-23-28(20-26-11-6-5-7-12-26)35-22-27-14-15-30(31(21-27)29-13-9-8-10-25(29)3)33(37)36-32(34(38)39)17-19-41-4/h8-10,13-15,21,24,26,28,32,35H,5-7,11-12,16-20,22-23H2,1-4H3,(H,36,37)(H,38,39). The van der Waals surface area contributed by atoms with Crippen LogP contribution in [-0.4, -0.2) is 54.3 Å². The molecule has 2 unspecified atom stereocenters. The predicted octanol–water partition coefficient (Wildman–Crippen LogP) is 7.09. The van der Waals surface area contributed by atoms with Crippen LogP contribution in [-0.2, 0) is 16.1 Å². The molecule has 0 aliphatic heterocycles. The van der Waals surface area contributed by atoms with Crippen LogP contribution >= 0.6 is 11.8 Å². The summed E-state index contributed by atoms with van der Waals surface area (Å²) in [6, 6.07) is 13.3. The average Bonchev–Trinajstić information content (AvgIpc) is 2.96. The Morgan fingerprint density at radius 3 is 2.49 bits per heavy atom. The molecule has 2 atom stereocenters. The second-order valence-corrected chi connectivity index (χ2v) is 12.9. The van der Waals surface area contributed by atoms with Crippen LogP contribution in [0.4, 0.5) is 0 Å². The Morgan fingerprint density at radius 2 is 1.80 bits per heavy atom. The Balaban J connectivity index is 1.79. The SMILES string of the molecule is CSCCC(NC(=O)c1ccc(CNC(COCCC(C)C)CC2CCCCC2)cc1-c1ccccc1C)C(=O)O. The Hall–Kier alpha value is -2.35. The first kappa shape index (κ1) is 33.2. The van der Waals surface area contributed by atoms with Crippen molar-refractivity contribution in [2.75, 3.05) is 25.2 Å². The molecule has 7 heteroatoms. The van der Waals surface area contributed by atoms with E-state index < -0.39 is 12.0 Å². The van der Waals surface area contributed by atoms with Crippen molar-refractivity contribution in [1.82, 2.24) is 10.6 Å². The van der Waals surface area contributed by atoms with Gasteiger partial charge in [0, 0.05) is 24.8 Å². The average molecular weight is 583 g/mol. The molecule has 41 heavy (non-hydrogen) atoms. The molecule has 2 aromatic carbocycles. The van der Waals surface area contributed by atoms with Crippen LogP contribution in [0, 0.1) is 18.8 Å². The number of carboxylic acids is 1. The maximum atomic E-state index is 13.4. The van der Waals surface area contributed by atoms with Gasteiger partial charge in [-0.15, -0.1) is 0 Å². The van der Waals surface area contributed by atoms with E-state index in [-0.39, 0.29) is 11.9 Å². The second-order valence-electron chi connectivity index (χ2n) is 11.9. The van der Waals surface area contributed by atoms with E-state index in [2.05, 4.69) is 30.5 Å². The highest BCUT2D eigenvalue weighted by Gasteiger charge is 2.23. The van der Waals surface area contributed by atoms with Crippen molar-refractivity contribution in [2.45, 2.75) is 90.8 Å². The van der Waals surface area contributed by atoms with E-state index in [0.29, 0.717) is 36.8 Å². The van der Waals surface area contributed by atoms with Crippen LogP contribution in [0.2, 0.25) is 0 Å². The maximum absolute atomic E-state index is 13.4. The number of thioether (sulfide) groups is 1. The minimum atomic E-state index is -1.01. The number of nitrogens with one attached hydrogen (secondary N) is 2. The van der Waals surface area contributed by atoms with E-state index in [0.717, 1.165) is 47.6 Å². The number of carboxylic acid groups (broad SMARTS) is 1. The summed E-state index contributed by atoms with van der Waals surface area (Å²) in [5, 5.41) is 16.2. The molecule has 1 fully saturated rings. The lowest BCUT2D eigenvalue weighted by Gasteiger charge is -2.27. The molecule has 1 amide bonds. The van der Waals surface area contributed by atoms with Crippen molar-refractivity contribution in [2.24, 2.45) is 11.8 Å². The van der Waals surface area contributed by atoms with E-state index in [1.165, 1.54) is 32.1 Å². The maximum Gasteiger partial charge on any atom is 0.326 e. The fraction of sp³-hybridized carbons (Fsp3) is 0.588.